The van der Waals surface area contributed by atoms with Crippen LogP contribution in [0, 0.1) is 11.6 Å². The summed E-state index contributed by atoms with van der Waals surface area (Å²) in [5.74, 6) is -2.26. The summed E-state index contributed by atoms with van der Waals surface area (Å²) in [5.41, 5.74) is 0.221. The number of hydrogen-bond acceptors (Lipinski definition) is 3. The number of rotatable bonds is 2. The number of anilines is 1. The second-order valence-corrected chi connectivity index (χ2v) is 4.13. The molecule has 1 aromatic rings. The first kappa shape index (κ1) is 15.8. The zero-order valence-corrected chi connectivity index (χ0v) is 11.1. The molecule has 106 valence electrons. The number of ether oxygens (including phenoxy) is 1. The van der Waals surface area contributed by atoms with Gasteiger partial charge in [0.15, 0.2) is 11.6 Å². The molecule has 7 heteroatoms. The van der Waals surface area contributed by atoms with Crippen molar-refractivity contribution in [3.63, 3.8) is 0 Å². The summed E-state index contributed by atoms with van der Waals surface area (Å²) in [7, 11) is 0. The molecule has 0 bridgehead atoms. The topological polar surface area (TPSA) is 50.4 Å². The van der Waals surface area contributed by atoms with E-state index in [9.17, 15) is 13.6 Å². The Morgan fingerprint density at radius 2 is 2.16 bits per heavy atom. The summed E-state index contributed by atoms with van der Waals surface area (Å²) in [4.78, 5) is 11.9. The SMILES string of the molecule is C[C@H]1OCCN[C@@H]1C(=O)Nc1ccc(F)c(F)c1.Cl. The number of carbonyl (C=O) groups is 1. The molecule has 1 heterocycles. The molecule has 1 aliphatic rings. The van der Waals surface area contributed by atoms with E-state index in [0.717, 1.165) is 12.1 Å². The summed E-state index contributed by atoms with van der Waals surface area (Å²) in [5, 5.41) is 5.53. The molecule has 2 atom stereocenters. The molecular weight excluding hydrogens is 278 g/mol. The van der Waals surface area contributed by atoms with Gasteiger partial charge in [0.1, 0.15) is 6.04 Å². The molecule has 1 saturated heterocycles. The smallest absolute Gasteiger partial charge is 0.244 e. The Kier molecular flexibility index (Phi) is 5.65. The zero-order chi connectivity index (χ0) is 13.1. The quantitative estimate of drug-likeness (QED) is 0.872. The van der Waals surface area contributed by atoms with Crippen molar-refractivity contribution in [2.24, 2.45) is 0 Å². The van der Waals surface area contributed by atoms with E-state index in [4.69, 9.17) is 4.74 Å². The van der Waals surface area contributed by atoms with Crippen molar-refractivity contribution in [3.05, 3.63) is 29.8 Å². The molecule has 4 nitrogen and oxygen atoms in total. The fraction of sp³-hybridized carbons (Fsp3) is 0.417. The van der Waals surface area contributed by atoms with Crippen LogP contribution in [-0.4, -0.2) is 31.2 Å². The molecule has 0 radical (unpaired) electrons. The van der Waals surface area contributed by atoms with E-state index >= 15 is 0 Å². The second-order valence-electron chi connectivity index (χ2n) is 4.13. The van der Waals surface area contributed by atoms with Crippen molar-refractivity contribution >= 4 is 24.0 Å². The van der Waals surface area contributed by atoms with Crippen LogP contribution in [0.2, 0.25) is 0 Å². The third-order valence-corrected chi connectivity index (χ3v) is 2.79. The van der Waals surface area contributed by atoms with Crippen LogP contribution in [0.5, 0.6) is 0 Å². The first-order valence-corrected chi connectivity index (χ1v) is 5.69. The van der Waals surface area contributed by atoms with Crippen LogP contribution in [0.25, 0.3) is 0 Å². The summed E-state index contributed by atoms with van der Waals surface area (Å²) < 4.78 is 31.0. The average Bonchev–Trinajstić information content (AvgIpc) is 2.34. The molecule has 0 saturated carbocycles. The van der Waals surface area contributed by atoms with Crippen molar-refractivity contribution < 1.29 is 18.3 Å². The lowest BCUT2D eigenvalue weighted by Crippen LogP contribution is -2.53. The maximum Gasteiger partial charge on any atom is 0.244 e. The first-order chi connectivity index (χ1) is 8.58. The molecule has 0 spiro atoms. The fourth-order valence-electron chi connectivity index (χ4n) is 1.82. The Balaban J connectivity index is 0.00000180. The normalized spacial score (nSPS) is 22.5. The van der Waals surface area contributed by atoms with Crippen molar-refractivity contribution in [2.75, 3.05) is 18.5 Å². The Bertz CT molecular complexity index is 459. The number of amides is 1. The Hall–Kier alpha value is -1.24. The average molecular weight is 293 g/mol. The van der Waals surface area contributed by atoms with Gasteiger partial charge < -0.3 is 15.4 Å². The van der Waals surface area contributed by atoms with Crippen molar-refractivity contribution in [3.8, 4) is 0 Å². The van der Waals surface area contributed by atoms with E-state index in [-0.39, 0.29) is 30.1 Å². The summed E-state index contributed by atoms with van der Waals surface area (Å²) in [6, 6.07) is 2.73. The highest BCUT2D eigenvalue weighted by Gasteiger charge is 2.28. The van der Waals surface area contributed by atoms with E-state index in [1.54, 1.807) is 6.92 Å². The number of nitrogens with one attached hydrogen (secondary N) is 2. The van der Waals surface area contributed by atoms with Gasteiger partial charge in [-0.05, 0) is 19.1 Å². The fourth-order valence-corrected chi connectivity index (χ4v) is 1.82. The van der Waals surface area contributed by atoms with E-state index in [1.807, 2.05) is 0 Å². The van der Waals surface area contributed by atoms with Crippen LogP contribution in [-0.2, 0) is 9.53 Å². The van der Waals surface area contributed by atoms with Gasteiger partial charge in [0.25, 0.3) is 0 Å². The van der Waals surface area contributed by atoms with Gasteiger partial charge in [-0.2, -0.15) is 0 Å². The van der Waals surface area contributed by atoms with Crippen molar-refractivity contribution in [1.82, 2.24) is 5.32 Å². The minimum atomic E-state index is -0.992. The van der Waals surface area contributed by atoms with Gasteiger partial charge in [-0.1, -0.05) is 0 Å². The van der Waals surface area contributed by atoms with Crippen LogP contribution < -0.4 is 10.6 Å². The highest BCUT2D eigenvalue weighted by Crippen LogP contribution is 2.14. The standard InChI is InChI=1S/C12H14F2N2O2.ClH/c1-7-11(15-4-5-18-7)12(17)16-8-2-3-9(13)10(14)6-8;/h2-3,6-7,11,15H,4-5H2,1H3,(H,16,17);1H/t7-,11+;/m1./s1. The molecular formula is C12H15ClF2N2O2. The van der Waals surface area contributed by atoms with Crippen molar-refractivity contribution in [2.45, 2.75) is 19.1 Å². The maximum absolute atomic E-state index is 13.0. The monoisotopic (exact) mass is 292 g/mol. The third-order valence-electron chi connectivity index (χ3n) is 2.79. The molecule has 0 aromatic heterocycles. The molecule has 1 amide bonds. The molecule has 19 heavy (non-hydrogen) atoms. The third kappa shape index (κ3) is 3.86. The number of halogens is 3. The minimum absolute atomic E-state index is 0. The van der Waals surface area contributed by atoms with E-state index in [1.165, 1.54) is 6.07 Å². The minimum Gasteiger partial charge on any atom is -0.375 e. The number of morpholine rings is 1. The molecule has 2 rings (SSSR count). The zero-order valence-electron chi connectivity index (χ0n) is 10.3. The van der Waals surface area contributed by atoms with E-state index in [2.05, 4.69) is 10.6 Å². The van der Waals surface area contributed by atoms with Crippen LogP contribution in [0.1, 0.15) is 6.92 Å². The van der Waals surface area contributed by atoms with E-state index < -0.39 is 17.7 Å². The van der Waals surface area contributed by atoms with Crippen molar-refractivity contribution in [1.29, 1.82) is 0 Å². The van der Waals surface area contributed by atoms with Crippen LogP contribution in [0.4, 0.5) is 14.5 Å². The summed E-state index contributed by atoms with van der Waals surface area (Å²) >= 11 is 0. The van der Waals surface area contributed by atoms with E-state index in [0.29, 0.717) is 13.2 Å². The van der Waals surface area contributed by atoms with Gasteiger partial charge >= 0.3 is 0 Å². The lowest BCUT2D eigenvalue weighted by molar-refractivity contribution is -0.123. The number of benzene rings is 1. The Morgan fingerprint density at radius 3 is 2.79 bits per heavy atom. The predicted octanol–water partition coefficient (Wildman–Crippen LogP) is 1.70. The number of hydrogen-bond donors (Lipinski definition) is 2. The van der Waals surface area contributed by atoms with Gasteiger partial charge in [0.2, 0.25) is 5.91 Å². The molecule has 0 aliphatic carbocycles. The van der Waals surface area contributed by atoms with Gasteiger partial charge in [0, 0.05) is 18.3 Å². The van der Waals surface area contributed by atoms with Gasteiger partial charge in [-0.25, -0.2) is 8.78 Å². The second kappa shape index (κ2) is 6.79. The van der Waals surface area contributed by atoms with Crippen LogP contribution in [0.15, 0.2) is 18.2 Å². The molecule has 0 unspecified atom stereocenters. The molecule has 1 aliphatic heterocycles. The van der Waals surface area contributed by atoms with Crippen LogP contribution >= 0.6 is 12.4 Å². The molecule has 1 fully saturated rings. The Morgan fingerprint density at radius 1 is 1.42 bits per heavy atom. The lowest BCUT2D eigenvalue weighted by Gasteiger charge is -2.29. The maximum atomic E-state index is 13.0. The van der Waals surface area contributed by atoms with Gasteiger partial charge in [0.05, 0.1) is 12.7 Å². The number of carbonyl (C=O) groups excluding carboxylic acids is 1. The highest BCUT2D eigenvalue weighted by molar-refractivity contribution is 5.95. The first-order valence-electron chi connectivity index (χ1n) is 5.69. The van der Waals surface area contributed by atoms with Gasteiger partial charge in [-0.3, -0.25) is 4.79 Å². The molecule has 1 aromatic carbocycles. The largest absolute Gasteiger partial charge is 0.375 e. The van der Waals surface area contributed by atoms with Crippen LogP contribution in [0.3, 0.4) is 0 Å². The highest BCUT2D eigenvalue weighted by atomic mass is 35.5. The summed E-state index contributed by atoms with van der Waals surface area (Å²) in [6.07, 6.45) is -0.260. The lowest BCUT2D eigenvalue weighted by atomic mass is 10.1. The van der Waals surface area contributed by atoms with Gasteiger partial charge in [-0.15, -0.1) is 12.4 Å². The summed E-state index contributed by atoms with van der Waals surface area (Å²) in [6.45, 7) is 2.91. The predicted molar refractivity (Wildman–Crippen MR) is 69.4 cm³/mol. The molecule has 2 N–H and O–H groups in total. The Labute approximate surface area is 115 Å².